The van der Waals surface area contributed by atoms with E-state index in [-0.39, 0.29) is 5.95 Å². The average Bonchev–Trinajstić information content (AvgIpc) is 3.04. The summed E-state index contributed by atoms with van der Waals surface area (Å²) in [5.41, 5.74) is 20.1. The zero-order chi connectivity index (χ0) is 18.4. The molecule has 0 saturated carbocycles. The second kappa shape index (κ2) is 5.99. The van der Waals surface area contributed by atoms with Crippen LogP contribution in [0.15, 0.2) is 60.7 Å². The van der Waals surface area contributed by atoms with E-state index in [9.17, 15) is 0 Å². The first kappa shape index (κ1) is 15.6. The van der Waals surface area contributed by atoms with Crippen molar-refractivity contribution < 1.29 is 0 Å². The molecule has 1 aromatic heterocycles. The number of nitrogens with two attached hydrogens (primary N) is 2. The van der Waals surface area contributed by atoms with E-state index in [0.29, 0.717) is 12.4 Å². The molecule has 5 N–H and O–H groups in total. The summed E-state index contributed by atoms with van der Waals surface area (Å²) in [5.74, 6) is 0.611. The number of fused-ring (bicyclic) bond motifs is 4. The van der Waals surface area contributed by atoms with Crippen LogP contribution < -0.4 is 16.8 Å². The monoisotopic (exact) mass is 353 g/mol. The number of aromatic nitrogens is 2. The fraction of sp³-hybridized carbons (Fsp3) is 0.0909. The van der Waals surface area contributed by atoms with Crippen LogP contribution in [0.25, 0.3) is 22.0 Å². The molecule has 5 nitrogen and oxygen atoms in total. The van der Waals surface area contributed by atoms with Crippen molar-refractivity contribution in [3.8, 4) is 11.1 Å². The number of nitrogens with one attached hydrogen (secondary N) is 1. The second-order valence-electron chi connectivity index (χ2n) is 6.88. The number of hydrogen-bond acceptors (Lipinski definition) is 5. The molecule has 5 rings (SSSR count). The number of anilines is 3. The maximum atomic E-state index is 5.98. The Labute approximate surface area is 157 Å². The molecule has 0 atom stereocenters. The predicted molar refractivity (Wildman–Crippen MR) is 110 cm³/mol. The number of nitrogens with zero attached hydrogens (tertiary/aromatic N) is 2. The Balaban J connectivity index is 1.38. The average molecular weight is 353 g/mol. The lowest BCUT2D eigenvalue weighted by Crippen LogP contribution is -2.03. The van der Waals surface area contributed by atoms with E-state index in [2.05, 4.69) is 57.7 Å². The van der Waals surface area contributed by atoms with Crippen LogP contribution in [0.3, 0.4) is 0 Å². The smallest absolute Gasteiger partial charge is 0.222 e. The molecule has 0 amide bonds. The normalized spacial score (nSPS) is 12.0. The van der Waals surface area contributed by atoms with Crippen LogP contribution >= 0.6 is 0 Å². The van der Waals surface area contributed by atoms with Gasteiger partial charge in [-0.2, -0.15) is 4.98 Å². The van der Waals surface area contributed by atoms with E-state index < -0.39 is 0 Å². The van der Waals surface area contributed by atoms with Crippen LogP contribution in [0.2, 0.25) is 0 Å². The quantitative estimate of drug-likeness (QED) is 0.456. The standard InChI is InChI=1S/C22H19N5/c23-21-19-9-13(5-8-20(19)26-22(24)27-21)12-25-16-6-7-18-15(11-16)10-14-3-1-2-4-17(14)18/h1-9,11,25H,10,12H2,(H4,23,24,26,27). The first-order valence-corrected chi connectivity index (χ1v) is 8.94. The summed E-state index contributed by atoms with van der Waals surface area (Å²) in [6, 6.07) is 21.2. The Hall–Kier alpha value is -3.60. The van der Waals surface area contributed by atoms with Crippen LogP contribution in [0.1, 0.15) is 16.7 Å². The SMILES string of the molecule is Nc1nc(N)c2cc(CNc3ccc4c(c3)Cc3ccccc3-4)ccc2n1. The van der Waals surface area contributed by atoms with E-state index in [1.165, 1.54) is 22.3 Å². The van der Waals surface area contributed by atoms with E-state index in [0.717, 1.165) is 28.6 Å². The maximum absolute atomic E-state index is 5.98. The Morgan fingerprint density at radius 2 is 1.70 bits per heavy atom. The van der Waals surface area contributed by atoms with Crippen LogP contribution in [-0.4, -0.2) is 9.97 Å². The number of benzene rings is 3. The van der Waals surface area contributed by atoms with Gasteiger partial charge in [-0.25, -0.2) is 4.98 Å². The van der Waals surface area contributed by atoms with Gasteiger partial charge in [0.25, 0.3) is 0 Å². The minimum absolute atomic E-state index is 0.199. The second-order valence-corrected chi connectivity index (χ2v) is 6.88. The molecule has 0 bridgehead atoms. The number of hydrogen-bond donors (Lipinski definition) is 3. The summed E-state index contributed by atoms with van der Waals surface area (Å²) in [7, 11) is 0. The fourth-order valence-electron chi connectivity index (χ4n) is 3.79. The molecule has 132 valence electrons. The molecule has 1 aliphatic carbocycles. The summed E-state index contributed by atoms with van der Waals surface area (Å²) < 4.78 is 0. The van der Waals surface area contributed by atoms with Crippen molar-refractivity contribution in [2.24, 2.45) is 0 Å². The molecule has 0 unspecified atom stereocenters. The van der Waals surface area contributed by atoms with Crippen LogP contribution in [0.5, 0.6) is 0 Å². The van der Waals surface area contributed by atoms with Crippen LogP contribution in [-0.2, 0) is 13.0 Å². The van der Waals surface area contributed by atoms with E-state index in [1.807, 2.05) is 18.2 Å². The highest BCUT2D eigenvalue weighted by molar-refractivity contribution is 5.89. The lowest BCUT2D eigenvalue weighted by molar-refractivity contribution is 1.14. The molecule has 0 fully saturated rings. The highest BCUT2D eigenvalue weighted by Crippen LogP contribution is 2.37. The molecule has 1 aliphatic rings. The molecule has 0 saturated heterocycles. The third kappa shape index (κ3) is 2.73. The van der Waals surface area contributed by atoms with Crippen molar-refractivity contribution in [3.05, 3.63) is 77.4 Å². The van der Waals surface area contributed by atoms with Gasteiger partial charge in [-0.1, -0.05) is 36.4 Å². The highest BCUT2D eigenvalue weighted by atomic mass is 15.0. The molecule has 0 radical (unpaired) electrons. The Kier molecular flexibility index (Phi) is 3.47. The first-order chi connectivity index (χ1) is 13.2. The number of rotatable bonds is 3. The van der Waals surface area contributed by atoms with Gasteiger partial charge >= 0.3 is 0 Å². The van der Waals surface area contributed by atoms with Crippen molar-refractivity contribution in [1.29, 1.82) is 0 Å². The summed E-state index contributed by atoms with van der Waals surface area (Å²) in [4.78, 5) is 8.27. The molecular weight excluding hydrogens is 334 g/mol. The Morgan fingerprint density at radius 1 is 0.852 bits per heavy atom. The lowest BCUT2D eigenvalue weighted by atomic mass is 10.1. The maximum Gasteiger partial charge on any atom is 0.222 e. The highest BCUT2D eigenvalue weighted by Gasteiger charge is 2.17. The molecule has 0 spiro atoms. The molecule has 5 heteroatoms. The topological polar surface area (TPSA) is 89.8 Å². The largest absolute Gasteiger partial charge is 0.383 e. The van der Waals surface area contributed by atoms with Gasteiger partial charge in [0, 0.05) is 17.6 Å². The Bertz CT molecular complexity index is 1180. The summed E-state index contributed by atoms with van der Waals surface area (Å²) in [6.45, 7) is 0.700. The van der Waals surface area contributed by atoms with Gasteiger partial charge in [0.2, 0.25) is 5.95 Å². The van der Waals surface area contributed by atoms with Gasteiger partial charge in [-0.15, -0.1) is 0 Å². The fourth-order valence-corrected chi connectivity index (χ4v) is 3.79. The van der Waals surface area contributed by atoms with Gasteiger partial charge in [-0.3, -0.25) is 0 Å². The lowest BCUT2D eigenvalue weighted by Gasteiger charge is -2.10. The van der Waals surface area contributed by atoms with Crippen molar-refractivity contribution in [2.45, 2.75) is 13.0 Å². The molecule has 3 aromatic carbocycles. The van der Waals surface area contributed by atoms with Crippen molar-refractivity contribution >= 4 is 28.4 Å². The number of nitrogen functional groups attached to an aromatic ring is 2. The molecule has 0 aliphatic heterocycles. The summed E-state index contributed by atoms with van der Waals surface area (Å²) >= 11 is 0. The summed E-state index contributed by atoms with van der Waals surface area (Å²) in [6.07, 6.45) is 0.992. The van der Waals surface area contributed by atoms with Gasteiger partial charge in [-0.05, 0) is 58.5 Å². The first-order valence-electron chi connectivity index (χ1n) is 8.94. The van der Waals surface area contributed by atoms with E-state index >= 15 is 0 Å². The van der Waals surface area contributed by atoms with Crippen molar-refractivity contribution in [3.63, 3.8) is 0 Å². The minimum Gasteiger partial charge on any atom is -0.383 e. The molecular formula is C22H19N5. The summed E-state index contributed by atoms with van der Waals surface area (Å²) in [5, 5.41) is 4.33. The van der Waals surface area contributed by atoms with Gasteiger partial charge < -0.3 is 16.8 Å². The van der Waals surface area contributed by atoms with Crippen LogP contribution in [0.4, 0.5) is 17.5 Å². The van der Waals surface area contributed by atoms with Gasteiger partial charge in [0.1, 0.15) is 5.82 Å². The van der Waals surface area contributed by atoms with Gasteiger partial charge in [0.15, 0.2) is 0 Å². The van der Waals surface area contributed by atoms with Gasteiger partial charge in [0.05, 0.1) is 5.52 Å². The minimum atomic E-state index is 0.199. The van der Waals surface area contributed by atoms with Crippen molar-refractivity contribution in [2.75, 3.05) is 16.8 Å². The van der Waals surface area contributed by atoms with E-state index in [4.69, 9.17) is 11.5 Å². The van der Waals surface area contributed by atoms with Crippen LogP contribution in [0, 0.1) is 0 Å². The van der Waals surface area contributed by atoms with E-state index in [1.54, 1.807) is 0 Å². The zero-order valence-electron chi connectivity index (χ0n) is 14.7. The Morgan fingerprint density at radius 3 is 2.63 bits per heavy atom. The zero-order valence-corrected chi connectivity index (χ0v) is 14.7. The molecule has 1 heterocycles. The molecule has 27 heavy (non-hydrogen) atoms. The third-order valence-electron chi connectivity index (χ3n) is 5.10. The van der Waals surface area contributed by atoms with Crippen molar-refractivity contribution in [1.82, 2.24) is 9.97 Å². The third-order valence-corrected chi connectivity index (χ3v) is 5.10. The predicted octanol–water partition coefficient (Wildman–Crippen LogP) is 3.98. The molecule has 4 aromatic rings.